The van der Waals surface area contributed by atoms with Gasteiger partial charge in [0.1, 0.15) is 17.4 Å². The van der Waals surface area contributed by atoms with Crippen LogP contribution >= 0.6 is 23.2 Å². The maximum Gasteiger partial charge on any atom is 0.229 e. The molecule has 0 unspecified atom stereocenters. The zero-order valence-corrected chi connectivity index (χ0v) is 13.8. The Labute approximate surface area is 143 Å². The highest BCUT2D eigenvalue weighted by Gasteiger charge is 2.28. The summed E-state index contributed by atoms with van der Waals surface area (Å²) in [6, 6.07) is 5.05. The molecule has 23 heavy (non-hydrogen) atoms. The first kappa shape index (κ1) is 17.6. The van der Waals surface area contributed by atoms with E-state index >= 15 is 0 Å². The van der Waals surface area contributed by atoms with E-state index in [1.807, 2.05) is 0 Å². The summed E-state index contributed by atoms with van der Waals surface area (Å²) >= 11 is 11.8. The third-order valence-corrected chi connectivity index (χ3v) is 4.12. The molecule has 3 amide bonds. The average Bonchev–Trinajstić information content (AvgIpc) is 2.84. The lowest BCUT2D eigenvalue weighted by molar-refractivity contribution is -0.138. The number of nitrogens with zero attached hydrogens (tertiary/aromatic N) is 1. The van der Waals surface area contributed by atoms with E-state index in [-0.39, 0.29) is 56.7 Å². The lowest BCUT2D eigenvalue weighted by Crippen LogP contribution is -2.35. The van der Waals surface area contributed by atoms with E-state index in [0.29, 0.717) is 15.8 Å². The van der Waals surface area contributed by atoms with Crippen LogP contribution in [0.5, 0.6) is 5.75 Å². The normalized spacial score (nSPS) is 14.3. The molecule has 0 aromatic heterocycles. The van der Waals surface area contributed by atoms with Crippen molar-refractivity contribution >= 4 is 40.9 Å². The maximum atomic E-state index is 11.7. The quantitative estimate of drug-likeness (QED) is 0.597. The molecule has 1 aliphatic heterocycles. The number of imide groups is 1. The molecule has 0 aliphatic carbocycles. The summed E-state index contributed by atoms with van der Waals surface area (Å²) in [6.07, 6.45) is 0.540. The van der Waals surface area contributed by atoms with Crippen LogP contribution in [0.15, 0.2) is 18.2 Å². The first-order valence-electron chi connectivity index (χ1n) is 7.15. The molecule has 0 bridgehead atoms. The lowest BCUT2D eigenvalue weighted by atomic mass is 10.3. The van der Waals surface area contributed by atoms with Gasteiger partial charge in [0.05, 0.1) is 11.6 Å². The molecule has 1 aliphatic rings. The first-order valence-corrected chi connectivity index (χ1v) is 7.91. The molecule has 6 nitrogen and oxygen atoms in total. The van der Waals surface area contributed by atoms with Crippen molar-refractivity contribution in [2.24, 2.45) is 0 Å². The second kappa shape index (κ2) is 8.17. The van der Waals surface area contributed by atoms with E-state index in [1.54, 1.807) is 18.2 Å². The number of benzene rings is 1. The second-order valence-electron chi connectivity index (χ2n) is 4.94. The van der Waals surface area contributed by atoms with Gasteiger partial charge in [-0.3, -0.25) is 19.3 Å². The highest BCUT2D eigenvalue weighted by Crippen LogP contribution is 2.31. The van der Waals surface area contributed by atoms with Crippen molar-refractivity contribution in [2.45, 2.75) is 19.3 Å². The van der Waals surface area contributed by atoms with Gasteiger partial charge in [0.15, 0.2) is 0 Å². The summed E-state index contributed by atoms with van der Waals surface area (Å²) in [4.78, 5) is 35.6. The van der Waals surface area contributed by atoms with Crippen LogP contribution in [0, 0.1) is 0 Å². The van der Waals surface area contributed by atoms with Crippen molar-refractivity contribution in [2.75, 3.05) is 19.7 Å². The summed E-state index contributed by atoms with van der Waals surface area (Å²) in [5.74, 6) is -0.247. The number of halogens is 2. The molecular weight excluding hydrogens is 343 g/mol. The van der Waals surface area contributed by atoms with Gasteiger partial charge < -0.3 is 10.1 Å². The minimum absolute atomic E-state index is 0.0788. The summed E-state index contributed by atoms with van der Waals surface area (Å²) in [6.45, 7) is 0.626. The van der Waals surface area contributed by atoms with Gasteiger partial charge in [0.2, 0.25) is 17.7 Å². The minimum atomic E-state index is -0.252. The Morgan fingerprint density at radius 2 is 1.91 bits per heavy atom. The average molecular weight is 359 g/mol. The smallest absolute Gasteiger partial charge is 0.229 e. The van der Waals surface area contributed by atoms with Gasteiger partial charge in [-0.15, -0.1) is 0 Å². The van der Waals surface area contributed by atoms with Gasteiger partial charge in [-0.2, -0.15) is 0 Å². The fraction of sp³-hybridized carbons (Fsp3) is 0.400. The van der Waals surface area contributed by atoms with Crippen molar-refractivity contribution in [1.29, 1.82) is 0 Å². The summed E-state index contributed by atoms with van der Waals surface area (Å²) in [5, 5.41) is 3.37. The molecule has 8 heteroatoms. The van der Waals surface area contributed by atoms with E-state index < -0.39 is 0 Å². The largest absolute Gasteiger partial charge is 0.490 e. The van der Waals surface area contributed by atoms with Crippen molar-refractivity contribution in [3.8, 4) is 5.75 Å². The molecule has 1 aromatic carbocycles. The van der Waals surface area contributed by atoms with Crippen LogP contribution in [-0.4, -0.2) is 42.3 Å². The molecule has 1 N–H and O–H groups in total. The molecule has 1 fully saturated rings. The number of rotatable bonds is 7. The van der Waals surface area contributed by atoms with E-state index in [1.165, 1.54) is 0 Å². The number of hydrogen-bond donors (Lipinski definition) is 1. The molecule has 0 spiro atoms. The van der Waals surface area contributed by atoms with E-state index in [9.17, 15) is 14.4 Å². The Morgan fingerprint density at radius 1 is 1.22 bits per heavy atom. The Kier molecular flexibility index (Phi) is 6.24. The number of nitrogens with one attached hydrogen (secondary N) is 1. The fourth-order valence-electron chi connectivity index (χ4n) is 2.12. The van der Waals surface area contributed by atoms with Gasteiger partial charge in [-0.05, 0) is 12.1 Å². The van der Waals surface area contributed by atoms with Crippen LogP contribution in [0.3, 0.4) is 0 Å². The first-order chi connectivity index (χ1) is 11.0. The van der Waals surface area contributed by atoms with Crippen LogP contribution in [0.4, 0.5) is 0 Å². The topological polar surface area (TPSA) is 75.7 Å². The SMILES string of the molecule is O=C(CCN1C(=O)CCC1=O)NCCOc1cccc(Cl)c1Cl. The molecule has 2 rings (SSSR count). The Balaban J connectivity index is 1.66. The number of ether oxygens (including phenoxy) is 1. The van der Waals surface area contributed by atoms with Crippen molar-refractivity contribution < 1.29 is 19.1 Å². The summed E-state index contributed by atoms with van der Waals surface area (Å²) < 4.78 is 5.43. The summed E-state index contributed by atoms with van der Waals surface area (Å²) in [7, 11) is 0. The Hall–Kier alpha value is -1.79. The molecule has 0 atom stereocenters. The number of carbonyl (C=O) groups is 3. The Morgan fingerprint density at radius 3 is 2.61 bits per heavy atom. The number of hydrogen-bond acceptors (Lipinski definition) is 4. The minimum Gasteiger partial charge on any atom is -0.490 e. The van der Waals surface area contributed by atoms with Gasteiger partial charge in [0, 0.05) is 25.8 Å². The molecular formula is C15H16Cl2N2O4. The van der Waals surface area contributed by atoms with Gasteiger partial charge in [0.25, 0.3) is 0 Å². The van der Waals surface area contributed by atoms with Crippen LogP contribution in [-0.2, 0) is 14.4 Å². The van der Waals surface area contributed by atoms with Crippen LogP contribution < -0.4 is 10.1 Å². The monoisotopic (exact) mass is 358 g/mol. The number of likely N-dealkylation sites (tertiary alicyclic amines) is 1. The highest BCUT2D eigenvalue weighted by molar-refractivity contribution is 6.42. The number of amides is 3. The van der Waals surface area contributed by atoms with Crippen LogP contribution in [0.2, 0.25) is 10.0 Å². The molecule has 1 heterocycles. The third-order valence-electron chi connectivity index (χ3n) is 3.32. The van der Waals surface area contributed by atoms with Crippen molar-refractivity contribution in [3.63, 3.8) is 0 Å². The molecule has 0 saturated carbocycles. The summed E-state index contributed by atoms with van der Waals surface area (Å²) in [5.41, 5.74) is 0. The molecule has 1 saturated heterocycles. The van der Waals surface area contributed by atoms with Gasteiger partial charge in [-0.1, -0.05) is 29.3 Å². The van der Waals surface area contributed by atoms with E-state index in [0.717, 1.165) is 4.90 Å². The van der Waals surface area contributed by atoms with Gasteiger partial charge in [-0.25, -0.2) is 0 Å². The Bertz CT molecular complexity index is 605. The van der Waals surface area contributed by atoms with E-state index in [4.69, 9.17) is 27.9 Å². The maximum absolute atomic E-state index is 11.7. The zero-order valence-electron chi connectivity index (χ0n) is 12.3. The van der Waals surface area contributed by atoms with Crippen molar-refractivity contribution in [1.82, 2.24) is 10.2 Å². The predicted molar refractivity (Wildman–Crippen MR) is 85.5 cm³/mol. The molecule has 1 aromatic rings. The number of carbonyl (C=O) groups excluding carboxylic acids is 3. The highest BCUT2D eigenvalue weighted by atomic mass is 35.5. The second-order valence-corrected chi connectivity index (χ2v) is 5.72. The molecule has 0 radical (unpaired) electrons. The van der Waals surface area contributed by atoms with Crippen molar-refractivity contribution in [3.05, 3.63) is 28.2 Å². The standard InChI is InChI=1S/C15H16Cl2N2O4/c16-10-2-1-3-11(15(10)17)23-9-7-18-12(20)6-8-19-13(21)4-5-14(19)22/h1-3H,4-9H2,(H,18,20). The van der Waals surface area contributed by atoms with Gasteiger partial charge >= 0.3 is 0 Å². The van der Waals surface area contributed by atoms with Crippen LogP contribution in [0.1, 0.15) is 19.3 Å². The predicted octanol–water partition coefficient (Wildman–Crippen LogP) is 2.03. The fourth-order valence-corrected chi connectivity index (χ4v) is 2.47. The van der Waals surface area contributed by atoms with E-state index in [2.05, 4.69) is 5.32 Å². The third kappa shape index (κ3) is 4.84. The van der Waals surface area contributed by atoms with Crippen LogP contribution in [0.25, 0.3) is 0 Å². The lowest BCUT2D eigenvalue weighted by Gasteiger charge is -2.13. The zero-order chi connectivity index (χ0) is 16.8. The molecule has 124 valence electrons.